The number of hydrogen-bond donors (Lipinski definition) is 0. The number of amides is 1. The number of anilines is 1. The number of aromatic nitrogens is 2. The Balaban J connectivity index is 1.60. The van der Waals surface area contributed by atoms with E-state index in [1.165, 1.54) is 0 Å². The topological polar surface area (TPSA) is 61.8 Å². The van der Waals surface area contributed by atoms with Crippen molar-refractivity contribution in [1.29, 1.82) is 0 Å². The van der Waals surface area contributed by atoms with Crippen molar-refractivity contribution in [2.24, 2.45) is 0 Å². The monoisotopic (exact) mass is 305 g/mol. The molecule has 7 heteroatoms. The minimum atomic E-state index is -0.721. The van der Waals surface area contributed by atoms with Crippen LogP contribution in [0.4, 0.5) is 5.82 Å². The highest BCUT2D eigenvalue weighted by molar-refractivity contribution is 5.85. The van der Waals surface area contributed by atoms with Gasteiger partial charge in [-0.1, -0.05) is 0 Å². The quantitative estimate of drug-likeness (QED) is 0.757. The van der Waals surface area contributed by atoms with Crippen LogP contribution in [-0.4, -0.2) is 84.2 Å². The maximum Gasteiger partial charge on any atom is 0.255 e. The van der Waals surface area contributed by atoms with Gasteiger partial charge in [0.05, 0.1) is 12.8 Å². The summed E-state index contributed by atoms with van der Waals surface area (Å²) < 4.78 is 5.79. The van der Waals surface area contributed by atoms with Crippen LogP contribution in [0.15, 0.2) is 18.6 Å². The first kappa shape index (κ1) is 15.2. The summed E-state index contributed by atoms with van der Waals surface area (Å²) in [5.74, 6) is 0.965. The normalized spacial score (nSPS) is 27.0. The molecular weight excluding hydrogens is 282 g/mol. The minimum absolute atomic E-state index is 0.0952. The second-order valence-corrected chi connectivity index (χ2v) is 6.16. The molecule has 0 radical (unpaired) electrons. The van der Waals surface area contributed by atoms with Gasteiger partial charge in [-0.25, -0.2) is 4.98 Å². The summed E-state index contributed by atoms with van der Waals surface area (Å²) in [7, 11) is 2.03. The molecule has 2 aliphatic rings. The molecule has 1 atom stereocenters. The van der Waals surface area contributed by atoms with Gasteiger partial charge in [-0.15, -0.1) is 0 Å². The predicted molar refractivity (Wildman–Crippen MR) is 82.7 cm³/mol. The first-order valence-electron chi connectivity index (χ1n) is 7.71. The number of ether oxygens (including phenoxy) is 1. The molecule has 2 fully saturated rings. The van der Waals surface area contributed by atoms with Crippen molar-refractivity contribution in [2.75, 3.05) is 57.8 Å². The average molecular weight is 305 g/mol. The molecule has 1 aromatic rings. The Labute approximate surface area is 130 Å². The van der Waals surface area contributed by atoms with Gasteiger partial charge in [0.1, 0.15) is 5.82 Å². The van der Waals surface area contributed by atoms with Crippen LogP contribution in [0.2, 0.25) is 0 Å². The molecule has 0 unspecified atom stereocenters. The van der Waals surface area contributed by atoms with Crippen LogP contribution >= 0.6 is 0 Å². The van der Waals surface area contributed by atoms with E-state index in [0.717, 1.165) is 25.5 Å². The highest BCUT2D eigenvalue weighted by Crippen LogP contribution is 2.21. The highest BCUT2D eigenvalue weighted by atomic mass is 16.5. The van der Waals surface area contributed by atoms with Gasteiger partial charge in [-0.3, -0.25) is 9.78 Å². The molecule has 0 N–H and O–H groups in total. The van der Waals surface area contributed by atoms with Crippen molar-refractivity contribution in [1.82, 2.24) is 19.8 Å². The van der Waals surface area contributed by atoms with Gasteiger partial charge < -0.3 is 19.4 Å². The van der Waals surface area contributed by atoms with E-state index in [-0.39, 0.29) is 5.91 Å². The van der Waals surface area contributed by atoms with Crippen LogP contribution in [0.5, 0.6) is 0 Å². The third kappa shape index (κ3) is 3.05. The van der Waals surface area contributed by atoms with Crippen LogP contribution in [0.1, 0.15) is 6.92 Å². The third-order valence-electron chi connectivity index (χ3n) is 4.36. The maximum absolute atomic E-state index is 12.8. The van der Waals surface area contributed by atoms with Crippen LogP contribution < -0.4 is 4.90 Å². The molecule has 7 nitrogen and oxygen atoms in total. The van der Waals surface area contributed by atoms with E-state index in [0.29, 0.717) is 26.2 Å². The van der Waals surface area contributed by atoms with Crippen LogP contribution in [0.3, 0.4) is 0 Å². The van der Waals surface area contributed by atoms with E-state index in [2.05, 4.69) is 19.8 Å². The molecule has 0 aromatic carbocycles. The Bertz CT molecular complexity index is 518. The van der Waals surface area contributed by atoms with Crippen molar-refractivity contribution in [3.63, 3.8) is 0 Å². The number of carbonyl (C=O) groups excluding carboxylic acids is 1. The Morgan fingerprint density at radius 2 is 2.00 bits per heavy atom. The van der Waals surface area contributed by atoms with E-state index in [1.54, 1.807) is 18.6 Å². The molecular formula is C15H23N5O2. The summed E-state index contributed by atoms with van der Waals surface area (Å²) in [6, 6.07) is 0. The second kappa shape index (κ2) is 6.18. The Kier molecular flexibility index (Phi) is 4.26. The largest absolute Gasteiger partial charge is 0.363 e. The first-order valence-corrected chi connectivity index (χ1v) is 7.71. The maximum atomic E-state index is 12.8. The number of morpholine rings is 1. The molecule has 0 spiro atoms. The van der Waals surface area contributed by atoms with Crippen molar-refractivity contribution >= 4 is 11.7 Å². The van der Waals surface area contributed by atoms with Crippen molar-refractivity contribution < 1.29 is 9.53 Å². The fraction of sp³-hybridized carbons (Fsp3) is 0.667. The molecule has 0 aliphatic carbocycles. The van der Waals surface area contributed by atoms with Gasteiger partial charge in [-0.2, -0.15) is 0 Å². The first-order chi connectivity index (χ1) is 10.6. The lowest BCUT2D eigenvalue weighted by Gasteiger charge is -2.43. The molecule has 2 aliphatic heterocycles. The third-order valence-corrected chi connectivity index (χ3v) is 4.36. The zero-order chi connectivity index (χ0) is 15.6. The fourth-order valence-electron chi connectivity index (χ4n) is 3.12. The van der Waals surface area contributed by atoms with E-state index in [1.807, 2.05) is 18.9 Å². The Morgan fingerprint density at radius 1 is 1.23 bits per heavy atom. The number of rotatable bonds is 2. The van der Waals surface area contributed by atoms with Crippen LogP contribution in [-0.2, 0) is 9.53 Å². The summed E-state index contributed by atoms with van der Waals surface area (Å²) in [5, 5.41) is 0. The average Bonchev–Trinajstić information content (AvgIpc) is 2.55. The summed E-state index contributed by atoms with van der Waals surface area (Å²) in [6.07, 6.45) is 5.12. The zero-order valence-corrected chi connectivity index (χ0v) is 13.2. The lowest BCUT2D eigenvalue weighted by atomic mass is 10.0. The van der Waals surface area contributed by atoms with Gasteiger partial charge in [0, 0.05) is 51.7 Å². The van der Waals surface area contributed by atoms with Gasteiger partial charge in [0.25, 0.3) is 5.91 Å². The standard InChI is InChI=1S/C15H23N5O2/c1-15(12-18(2)9-10-22-15)14(21)20-7-5-19(6-8-20)13-11-16-3-4-17-13/h3-4,11H,5-10,12H2,1-2H3/t15-/m1/s1. The molecule has 0 bridgehead atoms. The Hall–Kier alpha value is -1.73. The smallest absolute Gasteiger partial charge is 0.255 e. The summed E-state index contributed by atoms with van der Waals surface area (Å²) in [6.45, 7) is 6.97. The fourth-order valence-corrected chi connectivity index (χ4v) is 3.12. The molecule has 1 aromatic heterocycles. The lowest BCUT2D eigenvalue weighted by molar-refractivity contribution is -0.166. The number of nitrogens with zero attached hydrogens (tertiary/aromatic N) is 5. The second-order valence-electron chi connectivity index (χ2n) is 6.16. The van der Waals surface area contributed by atoms with Crippen LogP contribution in [0.25, 0.3) is 0 Å². The van der Waals surface area contributed by atoms with Gasteiger partial charge in [0.2, 0.25) is 0 Å². The lowest BCUT2D eigenvalue weighted by Crippen LogP contribution is -2.61. The molecule has 120 valence electrons. The number of carbonyl (C=O) groups is 1. The van der Waals surface area contributed by atoms with Gasteiger partial charge >= 0.3 is 0 Å². The SMILES string of the molecule is CN1CCO[C@@](C)(C(=O)N2CCN(c3cnccn3)CC2)C1. The van der Waals surface area contributed by atoms with Crippen molar-refractivity contribution in [3.05, 3.63) is 18.6 Å². The zero-order valence-electron chi connectivity index (χ0n) is 13.2. The van der Waals surface area contributed by atoms with E-state index < -0.39 is 5.60 Å². The van der Waals surface area contributed by atoms with Gasteiger partial charge in [-0.05, 0) is 14.0 Å². The van der Waals surface area contributed by atoms with E-state index in [9.17, 15) is 4.79 Å². The highest BCUT2D eigenvalue weighted by Gasteiger charge is 2.41. The van der Waals surface area contributed by atoms with Crippen molar-refractivity contribution in [3.8, 4) is 0 Å². The predicted octanol–water partition coefficient (Wildman–Crippen LogP) is -0.154. The number of likely N-dealkylation sites (N-methyl/N-ethyl adjacent to an activating group) is 1. The number of piperazine rings is 1. The summed E-state index contributed by atoms with van der Waals surface area (Å²) in [5.41, 5.74) is -0.721. The Morgan fingerprint density at radius 3 is 2.64 bits per heavy atom. The number of hydrogen-bond acceptors (Lipinski definition) is 6. The molecule has 3 rings (SSSR count). The van der Waals surface area contributed by atoms with Crippen molar-refractivity contribution in [2.45, 2.75) is 12.5 Å². The van der Waals surface area contributed by atoms with E-state index in [4.69, 9.17) is 4.74 Å². The molecule has 1 amide bonds. The van der Waals surface area contributed by atoms with E-state index >= 15 is 0 Å². The minimum Gasteiger partial charge on any atom is -0.363 e. The molecule has 3 heterocycles. The molecule has 22 heavy (non-hydrogen) atoms. The summed E-state index contributed by atoms with van der Waals surface area (Å²) >= 11 is 0. The van der Waals surface area contributed by atoms with Crippen LogP contribution in [0, 0.1) is 0 Å². The van der Waals surface area contributed by atoms with Gasteiger partial charge in [0.15, 0.2) is 5.60 Å². The summed E-state index contributed by atoms with van der Waals surface area (Å²) in [4.78, 5) is 27.4. The molecule has 2 saturated heterocycles. The molecule has 0 saturated carbocycles.